The summed E-state index contributed by atoms with van der Waals surface area (Å²) in [7, 11) is 1.60. The Kier molecular flexibility index (Phi) is 7.71. The van der Waals surface area contributed by atoms with Crippen LogP contribution in [-0.4, -0.2) is 38.8 Å². The maximum Gasteiger partial charge on any atom is 0.257 e. The summed E-state index contributed by atoms with van der Waals surface area (Å²) in [5.74, 6) is -0.707. The van der Waals surface area contributed by atoms with Gasteiger partial charge in [-0.3, -0.25) is 4.79 Å². The third-order valence-electron chi connectivity index (χ3n) is 2.76. The van der Waals surface area contributed by atoms with E-state index in [9.17, 15) is 9.18 Å². The Labute approximate surface area is 124 Å². The fourth-order valence-electron chi connectivity index (χ4n) is 1.80. The van der Waals surface area contributed by atoms with Crippen molar-refractivity contribution in [2.75, 3.05) is 26.9 Å². The number of carbonyl (C=O) groups excluding carboxylic acids is 1. The first kappa shape index (κ1) is 17.4. The van der Waals surface area contributed by atoms with Gasteiger partial charge in [0.2, 0.25) is 0 Å². The first-order chi connectivity index (χ1) is 10.0. The fraction of sp³-hybridized carbons (Fsp3) is 0.533. The van der Waals surface area contributed by atoms with Gasteiger partial charge in [0.25, 0.3) is 5.91 Å². The van der Waals surface area contributed by atoms with Crippen LogP contribution in [0.4, 0.5) is 4.39 Å². The first-order valence-corrected chi connectivity index (χ1v) is 6.95. The van der Waals surface area contributed by atoms with Crippen molar-refractivity contribution >= 4 is 5.91 Å². The van der Waals surface area contributed by atoms with E-state index in [1.807, 2.05) is 6.92 Å². The van der Waals surface area contributed by atoms with Crippen molar-refractivity contribution in [1.82, 2.24) is 5.32 Å². The van der Waals surface area contributed by atoms with Crippen LogP contribution in [0, 0.1) is 5.82 Å². The summed E-state index contributed by atoms with van der Waals surface area (Å²) in [4.78, 5) is 11.5. The van der Waals surface area contributed by atoms with E-state index >= 15 is 0 Å². The Morgan fingerprint density at radius 1 is 1.48 bits per heavy atom. The third-order valence-corrected chi connectivity index (χ3v) is 2.76. The number of hydrogen-bond acceptors (Lipinski definition) is 4. The summed E-state index contributed by atoms with van der Waals surface area (Å²) in [6, 6.07) is 4.62. The Hall–Kier alpha value is -1.66. The molecule has 1 amide bonds. The second kappa shape index (κ2) is 9.31. The van der Waals surface area contributed by atoms with E-state index in [2.05, 4.69) is 5.32 Å². The molecule has 0 fully saturated rings. The van der Waals surface area contributed by atoms with Crippen LogP contribution in [0.15, 0.2) is 18.2 Å². The van der Waals surface area contributed by atoms with Crippen LogP contribution in [0.2, 0.25) is 0 Å². The molecule has 21 heavy (non-hydrogen) atoms. The molecule has 1 aromatic rings. The van der Waals surface area contributed by atoms with Gasteiger partial charge in [0.1, 0.15) is 0 Å². The molecule has 0 saturated heterocycles. The Morgan fingerprint density at radius 3 is 2.86 bits per heavy atom. The highest BCUT2D eigenvalue weighted by atomic mass is 19.1. The lowest BCUT2D eigenvalue weighted by atomic mass is 10.1. The monoisotopic (exact) mass is 298 g/mol. The summed E-state index contributed by atoms with van der Waals surface area (Å²) in [6.07, 6.45) is 1.32. The van der Waals surface area contributed by atoms with Gasteiger partial charge in [0, 0.05) is 26.3 Å². The molecule has 1 rings (SSSR count). The molecule has 3 N–H and O–H groups in total. The molecule has 1 aromatic carbocycles. The topological polar surface area (TPSA) is 73.6 Å². The number of carbonyl (C=O) groups is 1. The quantitative estimate of drug-likeness (QED) is 0.673. The smallest absolute Gasteiger partial charge is 0.257 e. The number of nitrogens with one attached hydrogen (secondary N) is 1. The molecule has 0 saturated carbocycles. The van der Waals surface area contributed by atoms with Gasteiger partial charge in [0.05, 0.1) is 0 Å². The molecule has 0 heterocycles. The van der Waals surface area contributed by atoms with Gasteiger partial charge in [-0.2, -0.15) is 0 Å². The van der Waals surface area contributed by atoms with Crippen molar-refractivity contribution < 1.29 is 18.7 Å². The van der Waals surface area contributed by atoms with Crippen molar-refractivity contribution in [3.8, 4) is 5.75 Å². The number of nitrogens with two attached hydrogens (primary N) is 1. The van der Waals surface area contributed by atoms with E-state index in [-0.39, 0.29) is 24.3 Å². The Balaban J connectivity index is 2.39. The highest BCUT2D eigenvalue weighted by Crippen LogP contribution is 2.18. The number of amides is 1. The van der Waals surface area contributed by atoms with Crippen LogP contribution < -0.4 is 15.8 Å². The lowest BCUT2D eigenvalue weighted by Gasteiger charge is -2.10. The molecule has 1 atom stereocenters. The van der Waals surface area contributed by atoms with Gasteiger partial charge in [-0.25, -0.2) is 4.39 Å². The number of rotatable bonds is 9. The largest absolute Gasteiger partial charge is 0.481 e. The SMILES string of the molecule is COCCCNC(=O)COc1ccc(CC(C)N)cc1F. The highest BCUT2D eigenvalue weighted by Gasteiger charge is 2.08. The zero-order valence-electron chi connectivity index (χ0n) is 12.5. The van der Waals surface area contributed by atoms with Gasteiger partial charge >= 0.3 is 0 Å². The van der Waals surface area contributed by atoms with Crippen LogP contribution >= 0.6 is 0 Å². The van der Waals surface area contributed by atoms with E-state index in [1.165, 1.54) is 12.1 Å². The van der Waals surface area contributed by atoms with Gasteiger partial charge in [-0.05, 0) is 37.5 Å². The summed E-state index contributed by atoms with van der Waals surface area (Å²) in [5, 5.41) is 2.66. The molecular formula is C15H23FN2O3. The molecule has 0 aliphatic carbocycles. The van der Waals surface area contributed by atoms with Crippen LogP contribution in [0.5, 0.6) is 5.75 Å². The van der Waals surface area contributed by atoms with E-state index in [1.54, 1.807) is 13.2 Å². The lowest BCUT2D eigenvalue weighted by molar-refractivity contribution is -0.123. The van der Waals surface area contributed by atoms with Crippen LogP contribution in [0.3, 0.4) is 0 Å². The molecule has 0 radical (unpaired) electrons. The average molecular weight is 298 g/mol. The molecule has 6 heteroatoms. The highest BCUT2D eigenvalue weighted by molar-refractivity contribution is 5.77. The Bertz CT molecular complexity index is 453. The zero-order chi connectivity index (χ0) is 15.7. The molecule has 0 aromatic heterocycles. The summed E-state index contributed by atoms with van der Waals surface area (Å²) in [5.41, 5.74) is 6.47. The maximum atomic E-state index is 13.8. The van der Waals surface area contributed by atoms with E-state index < -0.39 is 5.82 Å². The van der Waals surface area contributed by atoms with Gasteiger partial charge in [-0.1, -0.05) is 6.07 Å². The normalized spacial score (nSPS) is 12.0. The number of methoxy groups -OCH3 is 1. The van der Waals surface area contributed by atoms with Gasteiger partial charge < -0.3 is 20.5 Å². The predicted octanol–water partition coefficient (Wildman–Crippen LogP) is 1.25. The van der Waals surface area contributed by atoms with Crippen molar-refractivity contribution in [2.45, 2.75) is 25.8 Å². The van der Waals surface area contributed by atoms with E-state index in [4.69, 9.17) is 15.2 Å². The number of benzene rings is 1. The summed E-state index contributed by atoms with van der Waals surface area (Å²) in [6.45, 7) is 2.73. The van der Waals surface area contributed by atoms with Crippen molar-refractivity contribution in [2.24, 2.45) is 5.73 Å². The molecule has 118 valence electrons. The molecule has 1 unspecified atom stereocenters. The minimum Gasteiger partial charge on any atom is -0.481 e. The van der Waals surface area contributed by atoms with Crippen LogP contribution in [-0.2, 0) is 16.0 Å². The minimum absolute atomic E-state index is 0.0333. The maximum absolute atomic E-state index is 13.8. The van der Waals surface area contributed by atoms with E-state index in [0.717, 1.165) is 12.0 Å². The number of halogens is 1. The lowest BCUT2D eigenvalue weighted by Crippen LogP contribution is -2.30. The second-order valence-electron chi connectivity index (χ2n) is 4.93. The molecular weight excluding hydrogens is 275 g/mol. The summed E-state index contributed by atoms with van der Waals surface area (Å²) >= 11 is 0. The Morgan fingerprint density at radius 2 is 2.24 bits per heavy atom. The molecule has 0 bridgehead atoms. The first-order valence-electron chi connectivity index (χ1n) is 6.95. The predicted molar refractivity (Wildman–Crippen MR) is 78.8 cm³/mol. The second-order valence-corrected chi connectivity index (χ2v) is 4.93. The molecule has 0 spiro atoms. The van der Waals surface area contributed by atoms with Crippen molar-refractivity contribution in [3.63, 3.8) is 0 Å². The summed E-state index contributed by atoms with van der Waals surface area (Å²) < 4.78 is 23.8. The standard InChI is InChI=1S/C15H23FN2O3/c1-11(17)8-12-4-5-14(13(16)9-12)21-10-15(19)18-6-3-7-20-2/h4-5,9,11H,3,6-8,10,17H2,1-2H3,(H,18,19). The molecule has 0 aliphatic rings. The number of ether oxygens (including phenoxy) is 2. The van der Waals surface area contributed by atoms with Crippen molar-refractivity contribution in [3.05, 3.63) is 29.6 Å². The van der Waals surface area contributed by atoms with Gasteiger partial charge in [-0.15, -0.1) is 0 Å². The zero-order valence-corrected chi connectivity index (χ0v) is 12.5. The van der Waals surface area contributed by atoms with Crippen molar-refractivity contribution in [1.29, 1.82) is 0 Å². The average Bonchev–Trinajstić information content (AvgIpc) is 2.42. The number of hydrogen-bond donors (Lipinski definition) is 2. The molecule has 5 nitrogen and oxygen atoms in total. The minimum atomic E-state index is -0.486. The van der Waals surface area contributed by atoms with E-state index in [0.29, 0.717) is 19.6 Å². The van der Waals surface area contributed by atoms with Gasteiger partial charge in [0.15, 0.2) is 18.2 Å². The molecule has 0 aliphatic heterocycles. The van der Waals surface area contributed by atoms with Crippen LogP contribution in [0.1, 0.15) is 18.9 Å². The fourth-order valence-corrected chi connectivity index (χ4v) is 1.80. The third kappa shape index (κ3) is 7.06. The van der Waals surface area contributed by atoms with Crippen LogP contribution in [0.25, 0.3) is 0 Å².